The maximum absolute atomic E-state index is 13.1. The lowest BCUT2D eigenvalue weighted by atomic mass is 10.1. The number of phosphoric acid groups is 2. The first-order valence-corrected chi connectivity index (χ1v) is 42.9. The Bertz CT molecular complexity index is 3100. The lowest BCUT2D eigenvalue weighted by molar-refractivity contribution is -0.161. The van der Waals surface area contributed by atoms with Crippen LogP contribution in [-0.4, -0.2) is 96.7 Å². The minimum atomic E-state index is -5.04. The van der Waals surface area contributed by atoms with Gasteiger partial charge in [-0.2, -0.15) is 0 Å². The van der Waals surface area contributed by atoms with Crippen molar-refractivity contribution in [3.8, 4) is 0 Å². The average molecular weight is 1560 g/mol. The summed E-state index contributed by atoms with van der Waals surface area (Å²) in [5, 5.41) is 10.6. The molecule has 0 aliphatic carbocycles. The quantitative estimate of drug-likeness (QED) is 0.0169. The highest BCUT2D eigenvalue weighted by molar-refractivity contribution is 7.47. The number of allylic oxidation sites excluding steroid dienone is 41. The molecule has 0 aromatic heterocycles. The molecule has 3 N–H and O–H groups in total. The van der Waals surface area contributed by atoms with E-state index in [2.05, 4.69) is 228 Å². The van der Waals surface area contributed by atoms with Gasteiger partial charge in [-0.1, -0.05) is 289 Å². The molecule has 0 fully saturated rings. The van der Waals surface area contributed by atoms with Crippen LogP contribution in [0.4, 0.5) is 0 Å². The van der Waals surface area contributed by atoms with Crippen molar-refractivity contribution in [1.29, 1.82) is 0 Å². The Labute approximate surface area is 662 Å². The molecular weight excluding hydrogens is 1430 g/mol. The van der Waals surface area contributed by atoms with Crippen LogP contribution >= 0.6 is 15.6 Å². The van der Waals surface area contributed by atoms with Gasteiger partial charge in [0.25, 0.3) is 0 Å². The number of hydrogen-bond donors (Lipinski definition) is 3. The third-order valence-corrected chi connectivity index (χ3v) is 16.9. The van der Waals surface area contributed by atoms with Crippen molar-refractivity contribution in [3.05, 3.63) is 255 Å². The molecule has 0 aliphatic rings. The minimum Gasteiger partial charge on any atom is -0.462 e. The first kappa shape index (κ1) is 103. The van der Waals surface area contributed by atoms with Crippen molar-refractivity contribution >= 4 is 39.5 Å². The Hall–Kier alpha value is -7.40. The zero-order valence-corrected chi connectivity index (χ0v) is 68.6. The topological polar surface area (TPSA) is 237 Å². The van der Waals surface area contributed by atoms with Crippen molar-refractivity contribution in [2.24, 2.45) is 0 Å². The largest absolute Gasteiger partial charge is 0.472 e. The van der Waals surface area contributed by atoms with E-state index < -0.39 is 97.5 Å². The second-order valence-corrected chi connectivity index (χ2v) is 28.0. The summed E-state index contributed by atoms with van der Waals surface area (Å²) in [5.41, 5.74) is 0. The van der Waals surface area contributed by atoms with E-state index in [0.29, 0.717) is 38.5 Å². The van der Waals surface area contributed by atoms with Gasteiger partial charge in [0, 0.05) is 19.3 Å². The molecule has 110 heavy (non-hydrogen) atoms. The molecular formula is C91H136O17P2. The summed E-state index contributed by atoms with van der Waals surface area (Å²) >= 11 is 0. The molecule has 5 atom stereocenters. The van der Waals surface area contributed by atoms with Gasteiger partial charge in [0.1, 0.15) is 19.3 Å². The number of aliphatic hydroxyl groups is 1. The van der Waals surface area contributed by atoms with Crippen LogP contribution in [-0.2, 0) is 65.4 Å². The lowest BCUT2D eigenvalue weighted by Crippen LogP contribution is -2.30. The molecule has 0 saturated carbocycles. The molecule has 0 spiro atoms. The van der Waals surface area contributed by atoms with Crippen molar-refractivity contribution in [1.82, 2.24) is 0 Å². The van der Waals surface area contributed by atoms with Gasteiger partial charge in [-0.3, -0.25) is 37.3 Å². The molecule has 0 amide bonds. The number of carbonyl (C=O) groups is 4. The van der Waals surface area contributed by atoms with Gasteiger partial charge >= 0.3 is 39.5 Å². The molecule has 19 heteroatoms. The van der Waals surface area contributed by atoms with Crippen LogP contribution in [0.2, 0.25) is 0 Å². The first-order valence-electron chi connectivity index (χ1n) is 39.9. The van der Waals surface area contributed by atoms with Crippen molar-refractivity contribution < 1.29 is 80.2 Å². The minimum absolute atomic E-state index is 0.00880. The van der Waals surface area contributed by atoms with Crippen LogP contribution in [0.15, 0.2) is 255 Å². The highest BCUT2D eigenvalue weighted by Gasteiger charge is 2.30. The molecule has 0 heterocycles. The predicted molar refractivity (Wildman–Crippen MR) is 454 cm³/mol. The zero-order chi connectivity index (χ0) is 80.3. The lowest BCUT2D eigenvalue weighted by Gasteiger charge is -2.21. The maximum Gasteiger partial charge on any atom is 0.472 e. The molecule has 0 aliphatic heterocycles. The molecule has 0 rings (SSSR count). The highest BCUT2D eigenvalue weighted by atomic mass is 31.2. The number of esters is 4. The molecule has 5 unspecified atom stereocenters. The zero-order valence-electron chi connectivity index (χ0n) is 66.8. The van der Waals surface area contributed by atoms with E-state index in [0.717, 1.165) is 141 Å². The number of rotatable bonds is 71. The van der Waals surface area contributed by atoms with Gasteiger partial charge in [-0.15, -0.1) is 0 Å². The standard InChI is InChI=1S/C91H136O17P2/c1-5-9-13-17-21-25-29-33-37-40-42-45-48-51-55-59-63-67-71-75-88(93)101-81-86(107-90(95)77-73-69-65-61-57-53-47-36-32-28-24-20-16-12-8-4)83-105-109(97,98)103-79-85(92)80-104-110(99,100)106-84-87(108-91(96)78-74-70-66-62-58-54-50-44-39-35-31-27-23-19-15-11-7-3)82-102-89(94)76-72-68-64-60-56-52-49-46-43-41-38-34-30-26-22-18-14-10-6-2/h9-16,21-28,33-39,42-43,45-47,50-52,54-57,61-62,64,66,68-69,73,85-87,92H,5-8,17-20,29-32,40-41,44,48-49,53,58-60,63,65,67,70-72,74-84H2,1-4H3,(H,97,98)(H,99,100)/b13-9-,14-10-,15-11-,16-12-,25-21-,26-22-,27-23-,28-24-,37-33-,38-34-,39-35-,45-42-,46-43-,47-36-,54-50-,55-51-,56-52-,61-57-,66-62-,68-64-,73-69-. The summed E-state index contributed by atoms with van der Waals surface area (Å²) in [6, 6.07) is 0. The Morgan fingerprint density at radius 3 is 0.827 bits per heavy atom. The van der Waals surface area contributed by atoms with E-state index in [1.807, 2.05) is 42.5 Å². The maximum atomic E-state index is 13.1. The Morgan fingerprint density at radius 1 is 0.264 bits per heavy atom. The fourth-order valence-corrected chi connectivity index (χ4v) is 10.7. The third-order valence-electron chi connectivity index (χ3n) is 15.0. The fraction of sp³-hybridized carbons (Fsp3) is 0.495. The van der Waals surface area contributed by atoms with Crippen LogP contribution < -0.4 is 0 Å². The summed E-state index contributed by atoms with van der Waals surface area (Å²) in [5.74, 6) is -2.57. The summed E-state index contributed by atoms with van der Waals surface area (Å²) in [6.07, 6.45) is 106. The van der Waals surface area contributed by atoms with E-state index >= 15 is 0 Å². The summed E-state index contributed by atoms with van der Waals surface area (Å²) in [7, 11) is -10.1. The Balaban J connectivity index is 5.62. The van der Waals surface area contributed by atoms with E-state index in [1.54, 1.807) is 12.2 Å². The Kier molecular flexibility index (Phi) is 74.3. The smallest absolute Gasteiger partial charge is 0.462 e. The van der Waals surface area contributed by atoms with Crippen LogP contribution in [0.3, 0.4) is 0 Å². The first-order chi connectivity index (χ1) is 53.7. The molecule has 0 radical (unpaired) electrons. The van der Waals surface area contributed by atoms with Crippen molar-refractivity contribution in [3.63, 3.8) is 0 Å². The van der Waals surface area contributed by atoms with Crippen LogP contribution in [0.25, 0.3) is 0 Å². The van der Waals surface area contributed by atoms with Gasteiger partial charge in [0.05, 0.1) is 32.8 Å². The van der Waals surface area contributed by atoms with Gasteiger partial charge in [0.15, 0.2) is 12.2 Å². The number of hydrogen-bond acceptors (Lipinski definition) is 15. The van der Waals surface area contributed by atoms with Crippen molar-refractivity contribution in [2.75, 3.05) is 39.6 Å². The van der Waals surface area contributed by atoms with Gasteiger partial charge in [-0.25, -0.2) is 9.13 Å². The van der Waals surface area contributed by atoms with E-state index in [9.17, 15) is 43.2 Å². The monoisotopic (exact) mass is 1560 g/mol. The average Bonchev–Trinajstić information content (AvgIpc) is 0.906. The van der Waals surface area contributed by atoms with E-state index in [4.69, 9.17) is 37.0 Å². The second kappa shape index (κ2) is 79.7. The molecule has 0 aromatic carbocycles. The van der Waals surface area contributed by atoms with Crippen LogP contribution in [0.1, 0.15) is 233 Å². The van der Waals surface area contributed by atoms with E-state index in [-0.39, 0.29) is 25.7 Å². The molecule has 17 nitrogen and oxygen atoms in total. The van der Waals surface area contributed by atoms with Gasteiger partial charge < -0.3 is 33.8 Å². The second-order valence-electron chi connectivity index (χ2n) is 25.1. The highest BCUT2D eigenvalue weighted by Crippen LogP contribution is 2.45. The molecule has 612 valence electrons. The molecule has 0 saturated heterocycles. The number of carbonyl (C=O) groups excluding carboxylic acids is 4. The predicted octanol–water partition coefficient (Wildman–Crippen LogP) is 23.8. The van der Waals surface area contributed by atoms with Crippen molar-refractivity contribution in [2.45, 2.75) is 251 Å². The number of aliphatic hydroxyl groups excluding tert-OH is 1. The van der Waals surface area contributed by atoms with Crippen LogP contribution in [0, 0.1) is 0 Å². The summed E-state index contributed by atoms with van der Waals surface area (Å²) in [6.45, 7) is 4.04. The molecule has 0 bridgehead atoms. The fourth-order valence-electron chi connectivity index (χ4n) is 9.15. The molecule has 0 aromatic rings. The number of ether oxygens (including phenoxy) is 4. The summed E-state index contributed by atoms with van der Waals surface area (Å²) < 4.78 is 68.3. The van der Waals surface area contributed by atoms with Crippen LogP contribution in [0.5, 0.6) is 0 Å². The van der Waals surface area contributed by atoms with Gasteiger partial charge in [0.2, 0.25) is 0 Å². The number of phosphoric ester groups is 2. The SMILES string of the molecule is CC/C=C\C/C=C\C/C=C\C/C=C\C/C=C\C/C=C\CCC(=O)OCC(COP(=O)(O)OCC(O)COP(=O)(O)OCC(COC(=O)CCCCC/C=C\C/C=C\C/C=C\C/C=C\C/C=C\CC)OC(=O)C/C=C\C/C=C\C/C=C\C/C=C\C/C=C\CC)OC(=O)CCC/C=C\C/C=C\C/C=C\C/C=C\C/C=C\CC. The number of unbranched alkanes of at least 4 members (excludes halogenated alkanes) is 4. The van der Waals surface area contributed by atoms with Gasteiger partial charge in [-0.05, 0) is 173 Å². The normalized spacial score (nSPS) is 15.2. The summed E-state index contributed by atoms with van der Waals surface area (Å²) in [4.78, 5) is 73.0. The third kappa shape index (κ3) is 78.7. The Morgan fingerprint density at radius 2 is 0.509 bits per heavy atom. The van der Waals surface area contributed by atoms with E-state index in [1.165, 1.54) is 0 Å².